The summed E-state index contributed by atoms with van der Waals surface area (Å²) in [6, 6.07) is 8.15. The van der Waals surface area contributed by atoms with Crippen LogP contribution in [0.2, 0.25) is 0 Å². The lowest BCUT2D eigenvalue weighted by molar-refractivity contribution is -0.136. The highest BCUT2D eigenvalue weighted by molar-refractivity contribution is 5.87. The van der Waals surface area contributed by atoms with E-state index in [4.69, 9.17) is 5.11 Å². The van der Waals surface area contributed by atoms with Crippen molar-refractivity contribution in [3.63, 3.8) is 0 Å². The van der Waals surface area contributed by atoms with Crippen molar-refractivity contribution in [2.75, 3.05) is 0 Å². The zero-order valence-corrected chi connectivity index (χ0v) is 11.7. The lowest BCUT2D eigenvalue weighted by atomic mass is 9.89. The van der Waals surface area contributed by atoms with Crippen LogP contribution >= 0.6 is 0 Å². The molecular formula is C17H21NO2. The molecule has 0 spiro atoms. The van der Waals surface area contributed by atoms with E-state index in [1.807, 2.05) is 24.4 Å². The lowest BCUT2D eigenvalue weighted by Crippen LogP contribution is -2.13. The summed E-state index contributed by atoms with van der Waals surface area (Å²) in [6.07, 6.45) is 8.82. The van der Waals surface area contributed by atoms with Gasteiger partial charge in [0.15, 0.2) is 0 Å². The third kappa shape index (κ3) is 2.72. The van der Waals surface area contributed by atoms with Crippen LogP contribution in [0.15, 0.2) is 30.5 Å². The average Bonchev–Trinajstić information content (AvgIpc) is 2.78. The number of carboxylic acids is 1. The van der Waals surface area contributed by atoms with Crippen molar-refractivity contribution in [1.82, 2.24) is 4.57 Å². The number of fused-ring (bicyclic) bond motifs is 1. The number of carbonyl (C=O) groups is 1. The van der Waals surface area contributed by atoms with Crippen LogP contribution < -0.4 is 0 Å². The predicted octanol–water partition coefficient (Wildman–Crippen LogP) is 3.85. The summed E-state index contributed by atoms with van der Waals surface area (Å²) < 4.78 is 2.27. The van der Waals surface area contributed by atoms with Crippen molar-refractivity contribution in [3.05, 3.63) is 36.0 Å². The molecule has 0 radical (unpaired) electrons. The Morgan fingerprint density at radius 1 is 1.20 bits per heavy atom. The monoisotopic (exact) mass is 271 g/mol. The first-order valence-corrected chi connectivity index (χ1v) is 7.52. The Morgan fingerprint density at radius 2 is 1.95 bits per heavy atom. The number of para-hydroxylation sites is 1. The van der Waals surface area contributed by atoms with Gasteiger partial charge < -0.3 is 9.67 Å². The van der Waals surface area contributed by atoms with Crippen LogP contribution in [0.3, 0.4) is 0 Å². The van der Waals surface area contributed by atoms with Crippen LogP contribution in [-0.2, 0) is 17.8 Å². The number of benzene rings is 1. The minimum Gasteiger partial charge on any atom is -0.481 e. The quantitative estimate of drug-likeness (QED) is 0.917. The molecular weight excluding hydrogens is 250 g/mol. The molecule has 3 nitrogen and oxygen atoms in total. The zero-order valence-electron chi connectivity index (χ0n) is 11.7. The van der Waals surface area contributed by atoms with Gasteiger partial charge in [-0.05, 0) is 30.4 Å². The van der Waals surface area contributed by atoms with Crippen molar-refractivity contribution < 1.29 is 9.90 Å². The van der Waals surface area contributed by atoms with Gasteiger partial charge >= 0.3 is 5.97 Å². The maximum Gasteiger partial charge on any atom is 0.307 e. The standard InChI is InChI=1S/C17H21NO2/c19-17(20)10-14-12-18(11-13-6-2-1-3-7-13)16-9-5-4-8-15(14)16/h4-5,8-9,12-13H,1-3,6-7,10-11H2,(H,19,20). The average molecular weight is 271 g/mol. The topological polar surface area (TPSA) is 42.2 Å². The van der Waals surface area contributed by atoms with E-state index in [9.17, 15) is 4.79 Å². The van der Waals surface area contributed by atoms with Crippen LogP contribution in [0.25, 0.3) is 10.9 Å². The highest BCUT2D eigenvalue weighted by atomic mass is 16.4. The van der Waals surface area contributed by atoms with E-state index >= 15 is 0 Å². The number of hydrogen-bond donors (Lipinski definition) is 1. The number of carboxylic acid groups (broad SMARTS) is 1. The minimum atomic E-state index is -0.759. The molecule has 3 rings (SSSR count). The SMILES string of the molecule is O=C(O)Cc1cn(CC2CCCCC2)c2ccccc12. The number of nitrogens with zero attached hydrogens (tertiary/aromatic N) is 1. The molecule has 1 heterocycles. The van der Waals surface area contributed by atoms with Crippen molar-refractivity contribution >= 4 is 16.9 Å². The molecule has 0 bridgehead atoms. The van der Waals surface area contributed by atoms with E-state index in [2.05, 4.69) is 10.6 Å². The molecule has 1 aromatic carbocycles. The largest absolute Gasteiger partial charge is 0.481 e. The molecule has 3 heteroatoms. The summed E-state index contributed by atoms with van der Waals surface area (Å²) in [5.74, 6) is -0.0113. The van der Waals surface area contributed by atoms with E-state index in [1.165, 1.54) is 37.6 Å². The molecule has 1 aliphatic rings. The Morgan fingerprint density at radius 3 is 2.70 bits per heavy atom. The second kappa shape index (κ2) is 5.70. The van der Waals surface area contributed by atoms with Gasteiger partial charge in [0.2, 0.25) is 0 Å². The van der Waals surface area contributed by atoms with Crippen molar-refractivity contribution in [2.24, 2.45) is 5.92 Å². The van der Waals surface area contributed by atoms with Gasteiger partial charge in [-0.3, -0.25) is 4.79 Å². The predicted molar refractivity (Wildman–Crippen MR) is 79.9 cm³/mol. The molecule has 20 heavy (non-hydrogen) atoms. The number of hydrogen-bond acceptors (Lipinski definition) is 1. The minimum absolute atomic E-state index is 0.109. The number of aliphatic carboxylic acids is 1. The Balaban J connectivity index is 1.91. The van der Waals surface area contributed by atoms with Crippen molar-refractivity contribution in [2.45, 2.75) is 45.1 Å². The van der Waals surface area contributed by atoms with E-state index in [1.54, 1.807) is 0 Å². The van der Waals surface area contributed by atoms with Gasteiger partial charge in [-0.25, -0.2) is 0 Å². The third-order valence-electron chi connectivity index (χ3n) is 4.39. The van der Waals surface area contributed by atoms with Crippen LogP contribution in [0, 0.1) is 5.92 Å². The molecule has 0 amide bonds. The second-order valence-corrected chi connectivity index (χ2v) is 5.90. The fraction of sp³-hybridized carbons (Fsp3) is 0.471. The van der Waals surface area contributed by atoms with Crippen LogP contribution in [-0.4, -0.2) is 15.6 Å². The van der Waals surface area contributed by atoms with Gasteiger partial charge in [-0.15, -0.1) is 0 Å². The first-order valence-electron chi connectivity index (χ1n) is 7.52. The molecule has 1 saturated carbocycles. The zero-order chi connectivity index (χ0) is 13.9. The van der Waals surface area contributed by atoms with Gasteiger partial charge in [0.25, 0.3) is 0 Å². The molecule has 1 aromatic heterocycles. The number of rotatable bonds is 4. The summed E-state index contributed by atoms with van der Waals surface area (Å²) in [4.78, 5) is 11.0. The Kier molecular flexibility index (Phi) is 3.77. The van der Waals surface area contributed by atoms with Crippen LogP contribution in [0.5, 0.6) is 0 Å². The van der Waals surface area contributed by atoms with Gasteiger partial charge in [0, 0.05) is 23.6 Å². The van der Waals surface area contributed by atoms with Gasteiger partial charge in [0.1, 0.15) is 0 Å². The smallest absolute Gasteiger partial charge is 0.307 e. The molecule has 1 aliphatic carbocycles. The molecule has 1 fully saturated rings. The van der Waals surface area contributed by atoms with E-state index < -0.39 is 5.97 Å². The van der Waals surface area contributed by atoms with Crippen molar-refractivity contribution in [1.29, 1.82) is 0 Å². The molecule has 0 unspecified atom stereocenters. The molecule has 0 aliphatic heterocycles. The molecule has 1 N–H and O–H groups in total. The summed E-state index contributed by atoms with van der Waals surface area (Å²) in [6.45, 7) is 1.03. The lowest BCUT2D eigenvalue weighted by Gasteiger charge is -2.22. The summed E-state index contributed by atoms with van der Waals surface area (Å²) in [5.41, 5.74) is 2.11. The maximum absolute atomic E-state index is 11.0. The van der Waals surface area contributed by atoms with Gasteiger partial charge in [-0.2, -0.15) is 0 Å². The Bertz CT molecular complexity index is 608. The molecule has 106 valence electrons. The van der Waals surface area contributed by atoms with E-state index in [0.717, 1.165) is 23.4 Å². The maximum atomic E-state index is 11.0. The number of aromatic nitrogens is 1. The first-order chi connectivity index (χ1) is 9.74. The fourth-order valence-electron chi connectivity index (χ4n) is 3.43. The van der Waals surface area contributed by atoms with Crippen LogP contribution in [0.1, 0.15) is 37.7 Å². The fourth-order valence-corrected chi connectivity index (χ4v) is 3.43. The molecule has 0 saturated heterocycles. The summed E-state index contributed by atoms with van der Waals surface area (Å²) >= 11 is 0. The van der Waals surface area contributed by atoms with Crippen molar-refractivity contribution in [3.8, 4) is 0 Å². The van der Waals surface area contributed by atoms with Gasteiger partial charge in [-0.1, -0.05) is 37.5 Å². The molecule has 0 atom stereocenters. The highest BCUT2D eigenvalue weighted by Crippen LogP contribution is 2.28. The summed E-state index contributed by atoms with van der Waals surface area (Å²) in [7, 11) is 0. The first kappa shape index (κ1) is 13.2. The van der Waals surface area contributed by atoms with E-state index in [-0.39, 0.29) is 6.42 Å². The third-order valence-corrected chi connectivity index (χ3v) is 4.39. The van der Waals surface area contributed by atoms with E-state index in [0.29, 0.717) is 0 Å². The normalized spacial score (nSPS) is 16.6. The Labute approximate surface area is 119 Å². The summed E-state index contributed by atoms with van der Waals surface area (Å²) in [5, 5.41) is 10.1. The highest BCUT2D eigenvalue weighted by Gasteiger charge is 2.17. The van der Waals surface area contributed by atoms with Gasteiger partial charge in [0.05, 0.1) is 6.42 Å². The molecule has 2 aromatic rings. The second-order valence-electron chi connectivity index (χ2n) is 5.90. The van der Waals surface area contributed by atoms with Crippen LogP contribution in [0.4, 0.5) is 0 Å². The Hall–Kier alpha value is -1.77.